The van der Waals surface area contributed by atoms with Gasteiger partial charge in [0.1, 0.15) is 11.5 Å². The van der Waals surface area contributed by atoms with Crippen molar-refractivity contribution in [3.8, 4) is 11.5 Å². The average molecular weight is 390 g/mol. The quantitative estimate of drug-likeness (QED) is 0.265. The normalized spacial score (nSPS) is 12.3. The van der Waals surface area contributed by atoms with E-state index in [1.165, 1.54) is 36.4 Å². The molecular weight excluding hydrogens is 376 g/mol. The van der Waals surface area contributed by atoms with E-state index < -0.39 is 29.0 Å². The molecule has 3 aromatic rings. The fourth-order valence-electron chi connectivity index (χ4n) is 3.42. The maximum absolute atomic E-state index is 13.2. The number of anilines is 3. The summed E-state index contributed by atoms with van der Waals surface area (Å²) >= 11 is 0. The molecule has 29 heavy (non-hydrogen) atoms. The molecule has 0 saturated heterocycles. The fraction of sp³-hybridized carbons (Fsp3) is 0. The molecule has 6 N–H and O–H groups in total. The van der Waals surface area contributed by atoms with Crippen molar-refractivity contribution in [1.29, 1.82) is 0 Å². The molecule has 0 unspecified atom stereocenters. The maximum Gasteiger partial charge on any atom is 0.337 e. The Bertz CT molecular complexity index is 1230. The minimum absolute atomic E-state index is 0.00188. The molecule has 8 heteroatoms. The summed E-state index contributed by atoms with van der Waals surface area (Å²) in [6.07, 6.45) is 0. The van der Waals surface area contributed by atoms with E-state index in [0.29, 0.717) is 0 Å². The Kier molecular flexibility index (Phi) is 3.97. The molecule has 8 nitrogen and oxygen atoms in total. The first-order chi connectivity index (χ1) is 13.8. The maximum atomic E-state index is 13.2. The largest absolute Gasteiger partial charge is 0.507 e. The van der Waals surface area contributed by atoms with E-state index in [2.05, 4.69) is 5.32 Å². The second kappa shape index (κ2) is 6.38. The number of carboxylic acids is 1. The number of hydrogen-bond donors (Lipinski definition) is 5. The highest BCUT2D eigenvalue weighted by Gasteiger charge is 2.37. The number of aromatic hydroxyl groups is 2. The number of nitrogens with one attached hydrogen (secondary N) is 1. The van der Waals surface area contributed by atoms with Crippen molar-refractivity contribution in [3.05, 3.63) is 76.3 Å². The van der Waals surface area contributed by atoms with E-state index in [-0.39, 0.29) is 44.9 Å². The Morgan fingerprint density at radius 2 is 1.34 bits per heavy atom. The van der Waals surface area contributed by atoms with E-state index in [0.717, 1.165) is 0 Å². The van der Waals surface area contributed by atoms with Gasteiger partial charge in [-0.3, -0.25) is 9.59 Å². The van der Waals surface area contributed by atoms with Crippen molar-refractivity contribution >= 4 is 34.6 Å². The zero-order valence-corrected chi connectivity index (χ0v) is 14.8. The van der Waals surface area contributed by atoms with Crippen LogP contribution in [0.25, 0.3) is 0 Å². The lowest BCUT2D eigenvalue weighted by Gasteiger charge is -2.23. The zero-order valence-electron chi connectivity index (χ0n) is 14.8. The molecule has 0 bridgehead atoms. The molecule has 0 heterocycles. The van der Waals surface area contributed by atoms with Crippen molar-refractivity contribution in [2.75, 3.05) is 11.1 Å². The van der Waals surface area contributed by atoms with Crippen LogP contribution in [-0.4, -0.2) is 32.9 Å². The van der Waals surface area contributed by atoms with Crippen molar-refractivity contribution < 1.29 is 29.7 Å². The second-order valence-electron chi connectivity index (χ2n) is 6.44. The van der Waals surface area contributed by atoms with Crippen LogP contribution in [-0.2, 0) is 0 Å². The zero-order chi connectivity index (χ0) is 20.9. The number of rotatable bonds is 3. The molecule has 1 aliphatic carbocycles. The molecule has 4 rings (SSSR count). The molecule has 0 spiro atoms. The van der Waals surface area contributed by atoms with Crippen LogP contribution in [0.15, 0.2) is 48.5 Å². The smallest absolute Gasteiger partial charge is 0.337 e. The summed E-state index contributed by atoms with van der Waals surface area (Å²) in [6.45, 7) is 0. The summed E-state index contributed by atoms with van der Waals surface area (Å²) in [5.41, 5.74) is 5.28. The van der Waals surface area contributed by atoms with Gasteiger partial charge in [-0.15, -0.1) is 0 Å². The number of para-hydroxylation sites is 1. The number of carbonyl (C=O) groups excluding carboxylic acids is 2. The molecule has 1 aliphatic rings. The Morgan fingerprint density at radius 3 is 2.03 bits per heavy atom. The molecule has 0 aromatic heterocycles. The number of carbonyl (C=O) groups is 3. The summed E-state index contributed by atoms with van der Waals surface area (Å²) < 4.78 is 0. The Balaban J connectivity index is 1.95. The lowest BCUT2D eigenvalue weighted by molar-refractivity contribution is 0.0697. The third kappa shape index (κ3) is 2.66. The summed E-state index contributed by atoms with van der Waals surface area (Å²) in [4.78, 5) is 37.6. The van der Waals surface area contributed by atoms with Crippen molar-refractivity contribution in [3.63, 3.8) is 0 Å². The predicted octanol–water partition coefficient (Wildman–Crippen LogP) is 2.90. The van der Waals surface area contributed by atoms with Gasteiger partial charge in [0.25, 0.3) is 0 Å². The number of hydrogen-bond acceptors (Lipinski definition) is 7. The SMILES string of the molecule is Nc1ccc(O)c2c1C(=O)c1c(Nc3ccccc3C(=O)O)ccc(O)c1C2=O. The van der Waals surface area contributed by atoms with Crippen molar-refractivity contribution in [2.24, 2.45) is 0 Å². The van der Waals surface area contributed by atoms with E-state index in [9.17, 15) is 29.7 Å². The van der Waals surface area contributed by atoms with Crippen LogP contribution in [0.3, 0.4) is 0 Å². The van der Waals surface area contributed by atoms with Gasteiger partial charge < -0.3 is 26.4 Å². The Morgan fingerprint density at radius 1 is 0.759 bits per heavy atom. The topological polar surface area (TPSA) is 150 Å². The van der Waals surface area contributed by atoms with Gasteiger partial charge in [0.15, 0.2) is 5.78 Å². The summed E-state index contributed by atoms with van der Waals surface area (Å²) in [7, 11) is 0. The number of nitrogen functional groups attached to an aromatic ring is 1. The fourth-order valence-corrected chi connectivity index (χ4v) is 3.42. The van der Waals surface area contributed by atoms with Crippen molar-refractivity contribution in [2.45, 2.75) is 0 Å². The first kappa shape index (κ1) is 18.1. The minimum atomic E-state index is -1.18. The number of benzene rings is 3. The van der Waals surface area contributed by atoms with Crippen molar-refractivity contribution in [1.82, 2.24) is 0 Å². The molecule has 0 atom stereocenters. The molecular formula is C21H14N2O6. The summed E-state index contributed by atoms with van der Waals surface area (Å²) in [5, 5.41) is 32.6. The van der Waals surface area contributed by atoms with Gasteiger partial charge in [0.2, 0.25) is 5.78 Å². The number of carboxylic acid groups (broad SMARTS) is 1. The number of phenolic OH excluding ortho intramolecular Hbond substituents is 2. The van der Waals surface area contributed by atoms with Crippen LogP contribution in [0.4, 0.5) is 17.1 Å². The van der Waals surface area contributed by atoms with Crippen LogP contribution in [0.1, 0.15) is 42.2 Å². The number of fused-ring (bicyclic) bond motifs is 2. The van der Waals surface area contributed by atoms with E-state index in [1.807, 2.05) is 0 Å². The van der Waals surface area contributed by atoms with E-state index in [1.54, 1.807) is 12.1 Å². The molecule has 0 amide bonds. The molecule has 0 radical (unpaired) electrons. The highest BCUT2D eigenvalue weighted by Crippen LogP contribution is 2.42. The van der Waals surface area contributed by atoms with Crippen LogP contribution < -0.4 is 11.1 Å². The van der Waals surface area contributed by atoms with Gasteiger partial charge in [0, 0.05) is 5.69 Å². The highest BCUT2D eigenvalue weighted by molar-refractivity contribution is 6.33. The lowest BCUT2D eigenvalue weighted by Crippen LogP contribution is -2.24. The van der Waals surface area contributed by atoms with E-state index >= 15 is 0 Å². The Labute approximate surface area is 163 Å². The first-order valence-corrected chi connectivity index (χ1v) is 8.47. The standard InChI is InChI=1S/C21H14N2O6/c22-10-5-7-13(24)17-15(10)19(26)16-12(6-8-14(25)18(16)20(17)27)23-11-4-2-1-3-9(11)21(28)29/h1-8,23-25H,22H2,(H,28,29). The lowest BCUT2D eigenvalue weighted by atomic mass is 9.81. The molecule has 0 fully saturated rings. The van der Waals surface area contributed by atoms with Crippen LogP contribution in [0, 0.1) is 0 Å². The third-order valence-corrected chi connectivity index (χ3v) is 4.73. The molecule has 0 saturated carbocycles. The molecule has 144 valence electrons. The van der Waals surface area contributed by atoms with Crippen LogP contribution in [0.2, 0.25) is 0 Å². The van der Waals surface area contributed by atoms with Gasteiger partial charge >= 0.3 is 5.97 Å². The molecule has 0 aliphatic heterocycles. The van der Waals surface area contributed by atoms with Crippen LogP contribution >= 0.6 is 0 Å². The third-order valence-electron chi connectivity index (χ3n) is 4.73. The Hall–Kier alpha value is -4.33. The van der Waals surface area contributed by atoms with Gasteiger partial charge in [0.05, 0.1) is 39.2 Å². The van der Waals surface area contributed by atoms with Gasteiger partial charge in [-0.05, 0) is 36.4 Å². The number of aromatic carboxylic acids is 1. The van der Waals surface area contributed by atoms with Gasteiger partial charge in [-0.1, -0.05) is 12.1 Å². The van der Waals surface area contributed by atoms with E-state index in [4.69, 9.17) is 5.73 Å². The van der Waals surface area contributed by atoms with Gasteiger partial charge in [-0.25, -0.2) is 4.79 Å². The summed E-state index contributed by atoms with van der Waals surface area (Å²) in [5.74, 6) is -3.47. The first-order valence-electron chi connectivity index (χ1n) is 8.47. The summed E-state index contributed by atoms with van der Waals surface area (Å²) in [6, 6.07) is 11.1. The predicted molar refractivity (Wildman–Crippen MR) is 104 cm³/mol. The molecule has 3 aromatic carbocycles. The minimum Gasteiger partial charge on any atom is -0.507 e. The average Bonchev–Trinajstić information content (AvgIpc) is 2.69. The second-order valence-corrected chi connectivity index (χ2v) is 6.44. The number of nitrogens with two attached hydrogens (primary N) is 1. The highest BCUT2D eigenvalue weighted by atomic mass is 16.4. The monoisotopic (exact) mass is 390 g/mol. The van der Waals surface area contributed by atoms with Crippen LogP contribution in [0.5, 0.6) is 11.5 Å². The number of phenols is 2. The number of ketones is 2. The van der Waals surface area contributed by atoms with Gasteiger partial charge in [-0.2, -0.15) is 0 Å².